The van der Waals surface area contributed by atoms with Gasteiger partial charge in [0.25, 0.3) is 5.56 Å². The molecule has 2 heterocycles. The van der Waals surface area contributed by atoms with Gasteiger partial charge in [0.2, 0.25) is 0 Å². The number of nitrogens with zero attached hydrogens (tertiary/aromatic N) is 2. The zero-order chi connectivity index (χ0) is 16.9. The maximum Gasteiger partial charge on any atom is 0.268 e. The second-order valence-corrected chi connectivity index (χ2v) is 6.82. The van der Waals surface area contributed by atoms with Crippen molar-refractivity contribution in [2.24, 2.45) is 0 Å². The molecule has 1 aromatic carbocycles. The summed E-state index contributed by atoms with van der Waals surface area (Å²) in [5.74, 6) is 0.659. The third-order valence-corrected chi connectivity index (χ3v) is 5.02. The van der Waals surface area contributed by atoms with E-state index in [0.29, 0.717) is 23.5 Å². The van der Waals surface area contributed by atoms with Crippen LogP contribution in [0.25, 0.3) is 10.2 Å². The molecule has 0 fully saturated rings. The molecule has 3 rings (SSSR count). The van der Waals surface area contributed by atoms with Crippen LogP contribution in [0.2, 0.25) is 0 Å². The minimum Gasteiger partial charge on any atom is -0.396 e. The zero-order valence-corrected chi connectivity index (χ0v) is 14.4. The molecule has 0 aliphatic carbocycles. The Bertz CT molecular complexity index is 844. The van der Waals surface area contributed by atoms with Crippen LogP contribution in [-0.4, -0.2) is 32.6 Å². The topological polar surface area (TPSA) is 69.2 Å². The molecule has 24 heavy (non-hydrogen) atoms. The van der Waals surface area contributed by atoms with Crippen LogP contribution >= 0.6 is 11.3 Å². The van der Waals surface area contributed by atoms with Gasteiger partial charge in [-0.15, -0.1) is 11.3 Å². The molecule has 0 spiro atoms. The fraction of sp³-hybridized carbons (Fsp3) is 0.333. The average Bonchev–Trinajstić information content (AvgIpc) is 3.04. The number of aliphatic hydroxyl groups excluding tert-OH is 1. The molecule has 3 aromatic rings. The van der Waals surface area contributed by atoms with E-state index in [1.54, 1.807) is 0 Å². The van der Waals surface area contributed by atoms with Crippen molar-refractivity contribution in [2.75, 3.05) is 6.61 Å². The van der Waals surface area contributed by atoms with E-state index in [1.165, 1.54) is 16.9 Å². The Hall–Kier alpha value is -2.02. The van der Waals surface area contributed by atoms with Crippen molar-refractivity contribution in [3.63, 3.8) is 0 Å². The van der Waals surface area contributed by atoms with E-state index in [1.807, 2.05) is 29.6 Å². The Balaban J connectivity index is 1.85. The summed E-state index contributed by atoms with van der Waals surface area (Å²) in [5, 5.41) is 11.2. The lowest BCUT2D eigenvalue weighted by atomic mass is 10.1. The predicted molar refractivity (Wildman–Crippen MR) is 97.1 cm³/mol. The quantitative estimate of drug-likeness (QED) is 0.692. The number of rotatable bonds is 7. The van der Waals surface area contributed by atoms with E-state index >= 15 is 0 Å². The van der Waals surface area contributed by atoms with Crippen molar-refractivity contribution in [1.82, 2.24) is 14.9 Å². The lowest BCUT2D eigenvalue weighted by molar-refractivity contribution is 0.150. The fourth-order valence-electron chi connectivity index (χ4n) is 2.74. The van der Waals surface area contributed by atoms with Crippen LogP contribution in [0.4, 0.5) is 0 Å². The van der Waals surface area contributed by atoms with Gasteiger partial charge in [0.05, 0.1) is 12.1 Å². The highest BCUT2D eigenvalue weighted by atomic mass is 32.1. The Morgan fingerprint density at radius 3 is 2.79 bits per heavy atom. The van der Waals surface area contributed by atoms with Crippen LogP contribution in [-0.2, 0) is 13.1 Å². The van der Waals surface area contributed by atoms with E-state index in [0.717, 1.165) is 12.1 Å². The van der Waals surface area contributed by atoms with Gasteiger partial charge in [-0.1, -0.05) is 30.3 Å². The van der Waals surface area contributed by atoms with Gasteiger partial charge in [0.15, 0.2) is 0 Å². The van der Waals surface area contributed by atoms with Crippen molar-refractivity contribution in [3.8, 4) is 0 Å². The first kappa shape index (κ1) is 16.8. The maximum atomic E-state index is 12.2. The summed E-state index contributed by atoms with van der Waals surface area (Å²) in [6.07, 6.45) is 0.678. The Labute approximate surface area is 144 Å². The SMILES string of the molecule is CC(CCO)N(Cc1ccccc1)Cc1nc2ccsc2c(=O)[nH]1. The van der Waals surface area contributed by atoms with Crippen LogP contribution in [0.15, 0.2) is 46.6 Å². The standard InChI is InChI=1S/C18H21N3O2S/c1-13(7-9-22)21(11-14-5-3-2-4-6-14)12-16-19-15-8-10-24-17(15)18(23)20-16/h2-6,8,10,13,22H,7,9,11-12H2,1H3,(H,19,20,23). The molecule has 0 aliphatic rings. The number of fused-ring (bicyclic) bond motifs is 1. The largest absolute Gasteiger partial charge is 0.396 e. The molecule has 0 saturated heterocycles. The summed E-state index contributed by atoms with van der Waals surface area (Å²) in [6, 6.07) is 12.2. The first-order chi connectivity index (χ1) is 11.7. The number of aromatic amines is 1. The van der Waals surface area contributed by atoms with Crippen LogP contribution in [0, 0.1) is 0 Å². The van der Waals surface area contributed by atoms with Crippen LogP contribution < -0.4 is 5.56 Å². The number of hydrogen-bond acceptors (Lipinski definition) is 5. The highest BCUT2D eigenvalue weighted by Gasteiger charge is 2.16. The second kappa shape index (κ2) is 7.70. The number of benzene rings is 1. The van der Waals surface area contributed by atoms with Crippen molar-refractivity contribution in [1.29, 1.82) is 0 Å². The molecule has 0 bridgehead atoms. The molecule has 1 unspecified atom stereocenters. The monoisotopic (exact) mass is 343 g/mol. The lowest BCUT2D eigenvalue weighted by Gasteiger charge is -2.28. The summed E-state index contributed by atoms with van der Waals surface area (Å²) in [4.78, 5) is 21.8. The van der Waals surface area contributed by atoms with Crippen LogP contribution in [0.5, 0.6) is 0 Å². The van der Waals surface area contributed by atoms with E-state index < -0.39 is 0 Å². The van der Waals surface area contributed by atoms with Crippen molar-refractivity contribution in [3.05, 3.63) is 63.5 Å². The summed E-state index contributed by atoms with van der Waals surface area (Å²) < 4.78 is 0.664. The predicted octanol–water partition coefficient (Wildman–Crippen LogP) is 2.76. The molecular formula is C18H21N3O2S. The first-order valence-corrected chi connectivity index (χ1v) is 8.90. The highest BCUT2D eigenvalue weighted by Crippen LogP contribution is 2.16. The summed E-state index contributed by atoms with van der Waals surface area (Å²) in [5.41, 5.74) is 1.86. The average molecular weight is 343 g/mol. The second-order valence-electron chi connectivity index (χ2n) is 5.90. The third kappa shape index (κ3) is 3.90. The van der Waals surface area contributed by atoms with Gasteiger partial charge >= 0.3 is 0 Å². The number of nitrogens with one attached hydrogen (secondary N) is 1. The minimum absolute atomic E-state index is 0.0838. The smallest absolute Gasteiger partial charge is 0.268 e. The minimum atomic E-state index is -0.0838. The molecular weight excluding hydrogens is 322 g/mol. The van der Waals surface area contributed by atoms with Gasteiger partial charge in [0.1, 0.15) is 10.5 Å². The van der Waals surface area contributed by atoms with Gasteiger partial charge in [0, 0.05) is 19.2 Å². The molecule has 2 N–H and O–H groups in total. The Morgan fingerprint density at radius 1 is 1.25 bits per heavy atom. The van der Waals surface area contributed by atoms with E-state index in [4.69, 9.17) is 0 Å². The van der Waals surface area contributed by atoms with Crippen molar-refractivity contribution in [2.45, 2.75) is 32.5 Å². The van der Waals surface area contributed by atoms with Gasteiger partial charge < -0.3 is 10.1 Å². The highest BCUT2D eigenvalue weighted by molar-refractivity contribution is 7.17. The van der Waals surface area contributed by atoms with E-state index in [9.17, 15) is 9.90 Å². The Kier molecular flexibility index (Phi) is 5.40. The van der Waals surface area contributed by atoms with Crippen LogP contribution in [0.3, 0.4) is 0 Å². The van der Waals surface area contributed by atoms with Gasteiger partial charge in [-0.25, -0.2) is 4.98 Å². The number of hydrogen-bond donors (Lipinski definition) is 2. The summed E-state index contributed by atoms with van der Waals surface area (Å²) >= 11 is 1.41. The number of H-pyrrole nitrogens is 1. The normalized spacial score (nSPS) is 12.8. The number of thiophene rings is 1. The van der Waals surface area contributed by atoms with Gasteiger partial charge in [-0.2, -0.15) is 0 Å². The molecule has 1 atom stereocenters. The molecule has 0 radical (unpaired) electrons. The van der Waals surface area contributed by atoms with E-state index in [-0.39, 0.29) is 18.2 Å². The Morgan fingerprint density at radius 2 is 2.04 bits per heavy atom. The zero-order valence-electron chi connectivity index (χ0n) is 13.6. The van der Waals surface area contributed by atoms with Crippen LogP contribution in [0.1, 0.15) is 24.7 Å². The molecule has 0 saturated carbocycles. The van der Waals surface area contributed by atoms with Crippen molar-refractivity contribution < 1.29 is 5.11 Å². The molecule has 0 aliphatic heterocycles. The molecule has 0 amide bonds. The number of aliphatic hydroxyl groups is 1. The maximum absolute atomic E-state index is 12.2. The lowest BCUT2D eigenvalue weighted by Crippen LogP contribution is -2.34. The molecule has 6 heteroatoms. The molecule has 2 aromatic heterocycles. The van der Waals surface area contributed by atoms with Gasteiger partial charge in [-0.05, 0) is 30.4 Å². The summed E-state index contributed by atoms with van der Waals surface area (Å²) in [7, 11) is 0. The van der Waals surface area contributed by atoms with E-state index in [2.05, 4.69) is 33.9 Å². The summed E-state index contributed by atoms with van der Waals surface area (Å²) in [6.45, 7) is 3.50. The molecule has 126 valence electrons. The van der Waals surface area contributed by atoms with Crippen molar-refractivity contribution >= 4 is 21.6 Å². The number of aromatic nitrogens is 2. The van der Waals surface area contributed by atoms with Gasteiger partial charge in [-0.3, -0.25) is 9.69 Å². The third-order valence-electron chi connectivity index (χ3n) is 4.12. The fourth-order valence-corrected chi connectivity index (χ4v) is 3.47. The molecule has 5 nitrogen and oxygen atoms in total. The first-order valence-electron chi connectivity index (χ1n) is 8.02.